The molecule has 4 heterocycles. The molecule has 174 valence electrons. The molecule has 0 unspecified atom stereocenters. The van der Waals surface area contributed by atoms with Gasteiger partial charge in [-0.15, -0.1) is 0 Å². The molecule has 10 nitrogen and oxygen atoms in total. The second kappa shape index (κ2) is 10.0. The highest BCUT2D eigenvalue weighted by Gasteiger charge is 2.44. The minimum absolute atomic E-state index is 0.0414. The highest BCUT2D eigenvalue weighted by molar-refractivity contribution is 5.89. The summed E-state index contributed by atoms with van der Waals surface area (Å²) in [6.07, 6.45) is 0.235. The molecule has 0 aliphatic carbocycles. The largest absolute Gasteiger partial charge is 0.490 e. The number of likely N-dealkylation sites (tertiary alicyclic amines) is 1. The van der Waals surface area contributed by atoms with Crippen LogP contribution in [0.2, 0.25) is 0 Å². The Bertz CT molecular complexity index is 924. The highest BCUT2D eigenvalue weighted by Crippen LogP contribution is 2.36. The maximum Gasteiger partial charge on any atom is 0.490 e. The number of fused-ring (bicyclic) bond motifs is 1. The molecule has 32 heavy (non-hydrogen) atoms. The van der Waals surface area contributed by atoms with Crippen LogP contribution in [0.4, 0.5) is 19.0 Å². The zero-order valence-electron chi connectivity index (χ0n) is 17.1. The average molecular weight is 457 g/mol. The van der Waals surface area contributed by atoms with Crippen molar-refractivity contribution in [1.82, 2.24) is 20.0 Å². The number of ether oxygens (including phenoxy) is 1. The molecular formula is C19H22F3N5O5. The van der Waals surface area contributed by atoms with Gasteiger partial charge >= 0.3 is 12.1 Å². The van der Waals surface area contributed by atoms with Gasteiger partial charge in [-0.1, -0.05) is 5.16 Å². The molecule has 2 N–H and O–H groups in total. The van der Waals surface area contributed by atoms with Crippen molar-refractivity contribution in [1.29, 1.82) is 0 Å². The number of carbonyl (C=O) groups is 2. The summed E-state index contributed by atoms with van der Waals surface area (Å²) in [4.78, 5) is 31.5. The lowest BCUT2D eigenvalue weighted by molar-refractivity contribution is -0.192. The molecule has 0 saturated carbocycles. The fraction of sp³-hybridized carbons (Fsp3) is 0.526. The van der Waals surface area contributed by atoms with Gasteiger partial charge in [0.05, 0.1) is 24.6 Å². The normalized spacial score (nSPS) is 22.7. The van der Waals surface area contributed by atoms with Crippen LogP contribution >= 0.6 is 0 Å². The number of hydrogen-bond acceptors (Lipinski definition) is 8. The number of anilines is 1. The first-order valence-electron chi connectivity index (χ1n) is 9.74. The molecule has 2 aromatic heterocycles. The second-order valence-corrected chi connectivity index (χ2v) is 7.56. The predicted molar refractivity (Wildman–Crippen MR) is 102 cm³/mol. The first-order chi connectivity index (χ1) is 15.1. The van der Waals surface area contributed by atoms with Gasteiger partial charge in [0.1, 0.15) is 5.76 Å². The lowest BCUT2D eigenvalue weighted by Crippen LogP contribution is -2.26. The van der Waals surface area contributed by atoms with Crippen LogP contribution < -0.4 is 5.32 Å². The molecule has 0 spiro atoms. The highest BCUT2D eigenvalue weighted by atomic mass is 19.4. The van der Waals surface area contributed by atoms with Gasteiger partial charge in [-0.25, -0.2) is 9.78 Å². The summed E-state index contributed by atoms with van der Waals surface area (Å²) in [7, 11) is 0. The minimum Gasteiger partial charge on any atom is -0.475 e. The van der Waals surface area contributed by atoms with Gasteiger partial charge in [0, 0.05) is 50.4 Å². The number of aliphatic carboxylic acids is 1. The lowest BCUT2D eigenvalue weighted by atomic mass is 9.90. The molecule has 4 rings (SSSR count). The van der Waals surface area contributed by atoms with E-state index in [9.17, 15) is 18.0 Å². The number of hydrogen-bond donors (Lipinski definition) is 2. The Labute approximate surface area is 180 Å². The van der Waals surface area contributed by atoms with Gasteiger partial charge in [0.25, 0.3) is 0 Å². The SMILES string of the molecule is Cc1cc(CN2C[C@@H]3[C@H](CC(=O)Nc4cnccn4)CO[C@@H]3C2)no1.O=C(O)C(F)(F)F. The first kappa shape index (κ1) is 23.6. The monoisotopic (exact) mass is 457 g/mol. The number of alkyl halides is 3. The van der Waals surface area contributed by atoms with E-state index in [1.54, 1.807) is 18.6 Å². The van der Waals surface area contributed by atoms with Crippen molar-refractivity contribution in [2.24, 2.45) is 11.8 Å². The molecule has 1 amide bonds. The van der Waals surface area contributed by atoms with Crippen LogP contribution in [0.3, 0.4) is 0 Å². The van der Waals surface area contributed by atoms with Crippen LogP contribution in [-0.2, 0) is 20.9 Å². The number of carboxylic acid groups (broad SMARTS) is 1. The quantitative estimate of drug-likeness (QED) is 0.691. The van der Waals surface area contributed by atoms with E-state index in [4.69, 9.17) is 19.2 Å². The van der Waals surface area contributed by atoms with Gasteiger partial charge in [0.2, 0.25) is 5.91 Å². The third-order valence-electron chi connectivity index (χ3n) is 5.10. The standard InChI is InChI=1S/C17H21N5O3.C2HF3O2/c1-11-4-13(21-25-11)7-22-8-14-12(10-24-15(14)9-22)5-17(23)20-16-6-18-2-3-19-16;3-2(4,5)1(6)7/h2-4,6,12,14-15H,5,7-10H2,1H3,(H,19,20,23);(H,6,7)/t12-,14-,15-;/m1./s1. The molecule has 3 atom stereocenters. The summed E-state index contributed by atoms with van der Waals surface area (Å²) < 4.78 is 42.8. The van der Waals surface area contributed by atoms with Crippen LogP contribution in [0.25, 0.3) is 0 Å². The Morgan fingerprint density at radius 1 is 1.31 bits per heavy atom. The molecule has 2 fully saturated rings. The summed E-state index contributed by atoms with van der Waals surface area (Å²) >= 11 is 0. The van der Waals surface area contributed by atoms with Crippen molar-refractivity contribution in [2.75, 3.05) is 25.0 Å². The van der Waals surface area contributed by atoms with Crippen molar-refractivity contribution < 1.29 is 37.1 Å². The zero-order chi connectivity index (χ0) is 23.3. The molecule has 0 bridgehead atoms. The number of halogens is 3. The Hall–Kier alpha value is -3.06. The van der Waals surface area contributed by atoms with Crippen molar-refractivity contribution in [3.05, 3.63) is 36.1 Å². The molecule has 2 aromatic rings. The fourth-order valence-electron chi connectivity index (χ4n) is 3.74. The van der Waals surface area contributed by atoms with Crippen LogP contribution in [0.1, 0.15) is 17.9 Å². The van der Waals surface area contributed by atoms with E-state index >= 15 is 0 Å². The van der Waals surface area contributed by atoms with Crippen molar-refractivity contribution in [3.8, 4) is 0 Å². The van der Waals surface area contributed by atoms with Crippen LogP contribution in [-0.4, -0.2) is 69.0 Å². The Kier molecular flexibility index (Phi) is 7.40. The number of nitrogens with one attached hydrogen (secondary N) is 1. The van der Waals surface area contributed by atoms with E-state index in [1.807, 2.05) is 13.0 Å². The number of aryl methyl sites for hydroxylation is 1. The summed E-state index contributed by atoms with van der Waals surface area (Å²) in [5.41, 5.74) is 0.939. The number of aromatic nitrogens is 3. The third kappa shape index (κ3) is 6.47. The number of rotatable bonds is 5. The van der Waals surface area contributed by atoms with Crippen molar-refractivity contribution in [3.63, 3.8) is 0 Å². The summed E-state index contributed by atoms with van der Waals surface area (Å²) in [6, 6.07) is 1.96. The predicted octanol–water partition coefficient (Wildman–Crippen LogP) is 1.88. The van der Waals surface area contributed by atoms with E-state index in [0.717, 1.165) is 31.1 Å². The molecule has 2 saturated heterocycles. The third-order valence-corrected chi connectivity index (χ3v) is 5.10. The Balaban J connectivity index is 0.000000360. The number of nitrogens with zero attached hydrogens (tertiary/aromatic N) is 4. The number of amides is 1. The van der Waals surface area contributed by atoms with Gasteiger partial charge < -0.3 is 19.7 Å². The fourth-order valence-corrected chi connectivity index (χ4v) is 3.74. The average Bonchev–Trinajstić information content (AvgIpc) is 3.40. The molecule has 2 aliphatic heterocycles. The molecular weight excluding hydrogens is 435 g/mol. The van der Waals surface area contributed by atoms with Gasteiger partial charge in [-0.2, -0.15) is 13.2 Å². The van der Waals surface area contributed by atoms with E-state index in [1.165, 1.54) is 0 Å². The maximum absolute atomic E-state index is 12.3. The number of carboxylic acids is 1. The van der Waals surface area contributed by atoms with E-state index in [-0.39, 0.29) is 17.9 Å². The maximum atomic E-state index is 12.3. The van der Waals surface area contributed by atoms with Gasteiger partial charge in [0.15, 0.2) is 5.82 Å². The molecule has 0 aromatic carbocycles. The number of carbonyl (C=O) groups excluding carboxylic acids is 1. The van der Waals surface area contributed by atoms with Gasteiger partial charge in [-0.05, 0) is 12.8 Å². The Morgan fingerprint density at radius 3 is 2.66 bits per heavy atom. The van der Waals surface area contributed by atoms with E-state index in [0.29, 0.717) is 24.8 Å². The topological polar surface area (TPSA) is 131 Å². The second-order valence-electron chi connectivity index (χ2n) is 7.56. The van der Waals surface area contributed by atoms with Crippen molar-refractivity contribution in [2.45, 2.75) is 32.2 Å². The zero-order valence-corrected chi connectivity index (χ0v) is 17.1. The van der Waals surface area contributed by atoms with E-state index in [2.05, 4.69) is 25.3 Å². The lowest BCUT2D eigenvalue weighted by Gasteiger charge is -2.18. The van der Waals surface area contributed by atoms with Crippen LogP contribution in [0.15, 0.2) is 29.2 Å². The molecule has 2 aliphatic rings. The van der Waals surface area contributed by atoms with Gasteiger partial charge in [-0.3, -0.25) is 14.7 Å². The van der Waals surface area contributed by atoms with Crippen LogP contribution in [0, 0.1) is 18.8 Å². The van der Waals surface area contributed by atoms with Crippen molar-refractivity contribution >= 4 is 17.7 Å². The molecule has 13 heteroatoms. The summed E-state index contributed by atoms with van der Waals surface area (Å²) in [5, 5.41) is 14.0. The molecule has 0 radical (unpaired) electrons. The summed E-state index contributed by atoms with van der Waals surface area (Å²) in [6.45, 7) is 5.08. The van der Waals surface area contributed by atoms with Crippen LogP contribution in [0.5, 0.6) is 0 Å². The Morgan fingerprint density at radius 2 is 2.06 bits per heavy atom. The minimum atomic E-state index is -5.08. The smallest absolute Gasteiger partial charge is 0.475 e. The first-order valence-corrected chi connectivity index (χ1v) is 9.74. The summed E-state index contributed by atoms with van der Waals surface area (Å²) in [5.74, 6) is -0.888. The van der Waals surface area contributed by atoms with E-state index < -0.39 is 12.1 Å².